The van der Waals surface area contributed by atoms with Crippen molar-refractivity contribution >= 4 is 11.9 Å². The van der Waals surface area contributed by atoms with Crippen LogP contribution < -0.4 is 4.74 Å². The third kappa shape index (κ3) is 3.29. The van der Waals surface area contributed by atoms with Gasteiger partial charge in [0.05, 0.1) is 0 Å². The average Bonchev–Trinajstić information content (AvgIpc) is 2.79. The number of carboxylic acid groups (broad SMARTS) is 1. The van der Waals surface area contributed by atoms with Crippen molar-refractivity contribution in [1.29, 1.82) is 0 Å². The normalized spacial score (nSPS) is 16.6. The molecule has 5 heteroatoms. The number of fused-ring (bicyclic) bond motifs is 1. The van der Waals surface area contributed by atoms with Crippen molar-refractivity contribution in [3.05, 3.63) is 29.8 Å². The summed E-state index contributed by atoms with van der Waals surface area (Å²) < 4.78 is 5.63. The third-order valence-corrected chi connectivity index (χ3v) is 3.15. The van der Waals surface area contributed by atoms with Gasteiger partial charge in [0, 0.05) is 13.0 Å². The molecule has 0 bridgehead atoms. The Kier molecular flexibility index (Phi) is 4.27. The summed E-state index contributed by atoms with van der Waals surface area (Å²) >= 11 is 0. The van der Waals surface area contributed by atoms with Crippen LogP contribution in [0.1, 0.15) is 19.4 Å². The Labute approximate surface area is 118 Å². The van der Waals surface area contributed by atoms with Crippen LogP contribution in [0.2, 0.25) is 0 Å². The zero-order chi connectivity index (χ0) is 14.7. The van der Waals surface area contributed by atoms with Crippen molar-refractivity contribution in [3.63, 3.8) is 0 Å². The number of amides is 1. The number of nitrogens with zero attached hydrogens (tertiary/aromatic N) is 1. The molecule has 0 spiro atoms. The molecular weight excluding hydrogens is 258 g/mol. The molecule has 0 fully saturated rings. The standard InChI is InChI=1S/C15H19NO4/c1-10(2)8-16(9-14(17)18)15(19)13-7-11-5-3-4-6-12(11)20-13/h3-6,10,13H,7-9H2,1-2H3,(H,17,18). The van der Waals surface area contributed by atoms with Gasteiger partial charge in [0.15, 0.2) is 6.10 Å². The second-order valence-corrected chi connectivity index (χ2v) is 5.42. The van der Waals surface area contributed by atoms with Gasteiger partial charge in [-0.3, -0.25) is 9.59 Å². The number of carbonyl (C=O) groups is 2. The zero-order valence-electron chi connectivity index (χ0n) is 11.7. The molecule has 1 N–H and O–H groups in total. The molecule has 0 aromatic heterocycles. The Hall–Kier alpha value is -2.04. The summed E-state index contributed by atoms with van der Waals surface area (Å²) in [5, 5.41) is 8.93. The molecule has 1 aromatic rings. The summed E-state index contributed by atoms with van der Waals surface area (Å²) in [5.41, 5.74) is 0.991. The van der Waals surface area contributed by atoms with Crippen LogP contribution in [0.4, 0.5) is 0 Å². The highest BCUT2D eigenvalue weighted by molar-refractivity contribution is 5.86. The summed E-state index contributed by atoms with van der Waals surface area (Å²) in [6.07, 6.45) is -0.103. The molecule has 0 radical (unpaired) electrons. The third-order valence-electron chi connectivity index (χ3n) is 3.15. The number of rotatable bonds is 5. The lowest BCUT2D eigenvalue weighted by Gasteiger charge is -2.25. The maximum atomic E-state index is 12.4. The van der Waals surface area contributed by atoms with E-state index in [4.69, 9.17) is 9.84 Å². The highest BCUT2D eigenvalue weighted by atomic mass is 16.5. The maximum Gasteiger partial charge on any atom is 0.323 e. The molecule has 20 heavy (non-hydrogen) atoms. The van der Waals surface area contributed by atoms with Gasteiger partial charge in [0.2, 0.25) is 0 Å². The molecule has 1 aliphatic heterocycles. The van der Waals surface area contributed by atoms with Gasteiger partial charge in [-0.2, -0.15) is 0 Å². The van der Waals surface area contributed by atoms with Gasteiger partial charge in [0.25, 0.3) is 5.91 Å². The van der Waals surface area contributed by atoms with E-state index in [1.54, 1.807) is 0 Å². The average molecular weight is 277 g/mol. The van der Waals surface area contributed by atoms with Crippen LogP contribution in [-0.4, -0.2) is 41.1 Å². The van der Waals surface area contributed by atoms with Gasteiger partial charge in [-0.05, 0) is 17.5 Å². The highest BCUT2D eigenvalue weighted by Gasteiger charge is 2.33. The van der Waals surface area contributed by atoms with E-state index in [1.165, 1.54) is 4.90 Å². The predicted octanol–water partition coefficient (Wildman–Crippen LogP) is 1.56. The van der Waals surface area contributed by atoms with E-state index >= 15 is 0 Å². The quantitative estimate of drug-likeness (QED) is 0.887. The predicted molar refractivity (Wildman–Crippen MR) is 73.6 cm³/mol. The first-order chi connectivity index (χ1) is 9.47. The van der Waals surface area contributed by atoms with Crippen LogP contribution in [0.25, 0.3) is 0 Å². The van der Waals surface area contributed by atoms with E-state index in [9.17, 15) is 9.59 Å². The van der Waals surface area contributed by atoms with Gasteiger partial charge in [0.1, 0.15) is 12.3 Å². The molecule has 1 unspecified atom stereocenters. The number of ether oxygens (including phenoxy) is 1. The Morgan fingerprint density at radius 1 is 1.40 bits per heavy atom. The molecule has 0 saturated carbocycles. The molecule has 1 aromatic carbocycles. The Morgan fingerprint density at radius 3 is 2.70 bits per heavy atom. The highest BCUT2D eigenvalue weighted by Crippen LogP contribution is 2.29. The number of aliphatic carboxylic acids is 1. The molecule has 1 aliphatic rings. The van der Waals surface area contributed by atoms with Gasteiger partial charge in [-0.25, -0.2) is 0 Å². The van der Waals surface area contributed by atoms with E-state index in [2.05, 4.69) is 0 Å². The summed E-state index contributed by atoms with van der Waals surface area (Å²) in [6.45, 7) is 4.04. The Bertz CT molecular complexity index is 487. The molecule has 5 nitrogen and oxygen atoms in total. The van der Waals surface area contributed by atoms with Gasteiger partial charge in [-0.1, -0.05) is 32.0 Å². The molecule has 0 saturated heterocycles. The summed E-state index contributed by atoms with van der Waals surface area (Å²) in [5.74, 6) is -0.334. The lowest BCUT2D eigenvalue weighted by atomic mass is 10.1. The number of benzene rings is 1. The van der Waals surface area contributed by atoms with Crippen molar-refractivity contribution in [1.82, 2.24) is 4.90 Å². The van der Waals surface area contributed by atoms with Gasteiger partial charge < -0.3 is 14.7 Å². The van der Waals surface area contributed by atoms with Crippen molar-refractivity contribution in [2.45, 2.75) is 26.4 Å². The number of carboxylic acids is 1. The first-order valence-corrected chi connectivity index (χ1v) is 6.72. The van der Waals surface area contributed by atoms with E-state index in [-0.39, 0.29) is 18.4 Å². The van der Waals surface area contributed by atoms with E-state index in [0.717, 1.165) is 5.56 Å². The van der Waals surface area contributed by atoms with E-state index < -0.39 is 12.1 Å². The number of hydrogen-bond donors (Lipinski definition) is 1. The van der Waals surface area contributed by atoms with Crippen LogP contribution in [0, 0.1) is 5.92 Å². The van der Waals surface area contributed by atoms with Crippen LogP contribution >= 0.6 is 0 Å². The van der Waals surface area contributed by atoms with Crippen LogP contribution in [0.15, 0.2) is 24.3 Å². The fraction of sp³-hybridized carbons (Fsp3) is 0.467. The Morgan fingerprint density at radius 2 is 2.10 bits per heavy atom. The second-order valence-electron chi connectivity index (χ2n) is 5.42. The molecule has 108 valence electrons. The smallest absolute Gasteiger partial charge is 0.323 e. The SMILES string of the molecule is CC(C)CN(CC(=O)O)C(=O)C1Cc2ccccc2O1. The lowest BCUT2D eigenvalue weighted by Crippen LogP contribution is -2.45. The van der Waals surface area contributed by atoms with Crippen LogP contribution in [0.3, 0.4) is 0 Å². The minimum atomic E-state index is -1.01. The van der Waals surface area contributed by atoms with Crippen LogP contribution in [0.5, 0.6) is 5.75 Å². The summed E-state index contributed by atoms with van der Waals surface area (Å²) in [7, 11) is 0. The largest absolute Gasteiger partial charge is 0.480 e. The zero-order valence-corrected chi connectivity index (χ0v) is 11.7. The van der Waals surface area contributed by atoms with E-state index in [0.29, 0.717) is 18.7 Å². The second kappa shape index (κ2) is 5.94. The van der Waals surface area contributed by atoms with Crippen molar-refractivity contribution < 1.29 is 19.4 Å². The minimum absolute atomic E-state index is 0.210. The summed E-state index contributed by atoms with van der Waals surface area (Å²) in [6, 6.07) is 7.51. The lowest BCUT2D eigenvalue weighted by molar-refractivity contribution is -0.147. The van der Waals surface area contributed by atoms with Crippen LogP contribution in [-0.2, 0) is 16.0 Å². The monoisotopic (exact) mass is 277 g/mol. The first kappa shape index (κ1) is 14.4. The molecule has 2 rings (SSSR count). The number of para-hydroxylation sites is 1. The number of hydrogen-bond acceptors (Lipinski definition) is 3. The minimum Gasteiger partial charge on any atom is -0.480 e. The first-order valence-electron chi connectivity index (χ1n) is 6.72. The van der Waals surface area contributed by atoms with Crippen molar-refractivity contribution in [2.75, 3.05) is 13.1 Å². The van der Waals surface area contributed by atoms with Gasteiger partial charge >= 0.3 is 5.97 Å². The molecule has 1 amide bonds. The number of carbonyl (C=O) groups excluding carboxylic acids is 1. The van der Waals surface area contributed by atoms with Crippen molar-refractivity contribution in [2.24, 2.45) is 5.92 Å². The molecule has 0 aliphatic carbocycles. The van der Waals surface area contributed by atoms with E-state index in [1.807, 2.05) is 38.1 Å². The fourth-order valence-electron chi connectivity index (χ4n) is 2.36. The summed E-state index contributed by atoms with van der Waals surface area (Å²) in [4.78, 5) is 24.7. The van der Waals surface area contributed by atoms with Crippen molar-refractivity contribution in [3.8, 4) is 5.75 Å². The van der Waals surface area contributed by atoms with Gasteiger partial charge in [-0.15, -0.1) is 0 Å². The molecular formula is C15H19NO4. The maximum absolute atomic E-state index is 12.4. The Balaban J connectivity index is 2.07. The fourth-order valence-corrected chi connectivity index (χ4v) is 2.36. The molecule has 1 atom stereocenters. The molecule has 1 heterocycles. The topological polar surface area (TPSA) is 66.8 Å².